The third kappa shape index (κ3) is 3.14. The molecule has 0 saturated heterocycles. The predicted octanol–water partition coefficient (Wildman–Crippen LogP) is 10.2. The highest BCUT2D eigenvalue weighted by Gasteiger charge is 2.22. The lowest BCUT2D eigenvalue weighted by Gasteiger charge is -2.13. The molecule has 4 aromatic heterocycles. The quantitative estimate of drug-likeness (QED) is 0.209. The first-order valence-corrected chi connectivity index (χ1v) is 15.3. The highest BCUT2D eigenvalue weighted by Crippen LogP contribution is 2.42. The minimum Gasteiger partial charge on any atom is -0.293 e. The van der Waals surface area contributed by atoms with Gasteiger partial charge in [0.1, 0.15) is 4.83 Å². The Kier molecular flexibility index (Phi) is 4.57. The maximum absolute atomic E-state index is 5.51. The first-order valence-electron chi connectivity index (χ1n) is 14.4. The van der Waals surface area contributed by atoms with Crippen molar-refractivity contribution in [2.75, 3.05) is 0 Å². The summed E-state index contributed by atoms with van der Waals surface area (Å²) in [6.07, 6.45) is 0. The molecule has 10 rings (SSSR count). The van der Waals surface area contributed by atoms with Crippen LogP contribution < -0.4 is 0 Å². The molecule has 0 N–H and O–H groups in total. The van der Waals surface area contributed by atoms with E-state index in [1.807, 2.05) is 0 Å². The van der Waals surface area contributed by atoms with Crippen LogP contribution in [0.5, 0.6) is 0 Å². The van der Waals surface area contributed by atoms with Crippen molar-refractivity contribution in [2.45, 2.75) is 0 Å². The SMILES string of the molecule is c1ccc2cc3c(cc2c1)sc1nc(-n2c4ccccc4c4ccccc42)nc(-n2c4ccccc4c4ccccc42)c13. The third-order valence-corrected chi connectivity index (χ3v) is 9.79. The van der Waals surface area contributed by atoms with Gasteiger partial charge in [-0.1, -0.05) is 97.1 Å². The van der Waals surface area contributed by atoms with Gasteiger partial charge in [0.05, 0.1) is 27.5 Å². The molecule has 200 valence electrons. The minimum atomic E-state index is 0.679. The summed E-state index contributed by atoms with van der Waals surface area (Å²) >= 11 is 1.74. The fourth-order valence-electron chi connectivity index (χ4n) is 6.88. The minimum absolute atomic E-state index is 0.679. The van der Waals surface area contributed by atoms with Gasteiger partial charge in [-0.25, -0.2) is 4.98 Å². The molecule has 10 aromatic rings. The van der Waals surface area contributed by atoms with E-state index in [9.17, 15) is 0 Å². The average Bonchev–Trinajstić information content (AvgIpc) is 3.70. The maximum atomic E-state index is 5.51. The van der Waals surface area contributed by atoms with Crippen LogP contribution in [0, 0.1) is 0 Å². The van der Waals surface area contributed by atoms with E-state index in [0.29, 0.717) is 5.95 Å². The van der Waals surface area contributed by atoms with Gasteiger partial charge in [-0.15, -0.1) is 11.3 Å². The van der Waals surface area contributed by atoms with Gasteiger partial charge in [-0.2, -0.15) is 4.98 Å². The summed E-state index contributed by atoms with van der Waals surface area (Å²) in [5, 5.41) is 9.54. The Bertz CT molecular complexity index is 2640. The molecule has 4 nitrogen and oxygen atoms in total. The molecule has 0 fully saturated rings. The van der Waals surface area contributed by atoms with Crippen molar-refractivity contribution in [3.63, 3.8) is 0 Å². The first-order chi connectivity index (χ1) is 21.3. The fourth-order valence-corrected chi connectivity index (χ4v) is 7.98. The number of benzene rings is 6. The van der Waals surface area contributed by atoms with E-state index >= 15 is 0 Å². The Morgan fingerprint density at radius 3 is 1.47 bits per heavy atom. The standard InChI is InChI=1S/C38H22N4S/c1-2-12-24-22-34-29(21-23(24)11-1)35-36(41-30-17-7-3-13-25(30)26-14-4-8-18-31(26)41)39-38(40-37(35)43-34)42-32-19-9-5-15-27(32)28-16-6-10-20-33(28)42/h1-22H. The van der Waals surface area contributed by atoms with Gasteiger partial charge in [0.2, 0.25) is 5.95 Å². The second-order valence-corrected chi connectivity index (χ2v) is 12.1. The molecular formula is C38H22N4S. The van der Waals surface area contributed by atoms with Gasteiger partial charge < -0.3 is 0 Å². The van der Waals surface area contributed by atoms with Crippen molar-refractivity contribution in [1.82, 2.24) is 19.1 Å². The van der Waals surface area contributed by atoms with Crippen LogP contribution in [0.1, 0.15) is 0 Å². The van der Waals surface area contributed by atoms with E-state index in [1.54, 1.807) is 11.3 Å². The molecule has 4 heterocycles. The van der Waals surface area contributed by atoms with Crippen LogP contribution in [-0.2, 0) is 0 Å². The molecule has 0 aliphatic rings. The highest BCUT2D eigenvalue weighted by molar-refractivity contribution is 7.25. The number of para-hydroxylation sites is 4. The Morgan fingerprint density at radius 1 is 0.442 bits per heavy atom. The fraction of sp³-hybridized carbons (Fsp3) is 0. The lowest BCUT2D eigenvalue weighted by Crippen LogP contribution is -2.06. The van der Waals surface area contributed by atoms with E-state index in [-0.39, 0.29) is 0 Å². The molecule has 0 aliphatic carbocycles. The predicted molar refractivity (Wildman–Crippen MR) is 181 cm³/mol. The molecule has 0 atom stereocenters. The third-order valence-electron chi connectivity index (χ3n) is 8.74. The van der Waals surface area contributed by atoms with Gasteiger partial charge in [0.15, 0.2) is 5.82 Å². The molecule has 0 aliphatic heterocycles. The van der Waals surface area contributed by atoms with Crippen molar-refractivity contribution in [1.29, 1.82) is 0 Å². The topological polar surface area (TPSA) is 35.6 Å². The number of thiophene rings is 1. The number of aromatic nitrogens is 4. The van der Waals surface area contributed by atoms with E-state index in [1.165, 1.54) is 42.4 Å². The van der Waals surface area contributed by atoms with E-state index in [2.05, 4.69) is 143 Å². The van der Waals surface area contributed by atoms with Crippen LogP contribution in [0.3, 0.4) is 0 Å². The van der Waals surface area contributed by atoms with Crippen LogP contribution >= 0.6 is 11.3 Å². The average molecular weight is 567 g/mol. The molecule has 0 spiro atoms. The largest absolute Gasteiger partial charge is 0.293 e. The second-order valence-electron chi connectivity index (χ2n) is 11.1. The number of rotatable bonds is 2. The lowest BCUT2D eigenvalue weighted by molar-refractivity contribution is 0.976. The molecule has 0 saturated carbocycles. The summed E-state index contributed by atoms with van der Waals surface area (Å²) in [5.41, 5.74) is 4.47. The van der Waals surface area contributed by atoms with E-state index in [4.69, 9.17) is 9.97 Å². The zero-order chi connectivity index (χ0) is 28.1. The van der Waals surface area contributed by atoms with Crippen molar-refractivity contribution in [2.24, 2.45) is 0 Å². The van der Waals surface area contributed by atoms with Gasteiger partial charge in [-0.3, -0.25) is 9.13 Å². The number of hydrogen-bond acceptors (Lipinski definition) is 3. The molecule has 5 heteroatoms. The van der Waals surface area contributed by atoms with Crippen molar-refractivity contribution in [3.8, 4) is 11.8 Å². The van der Waals surface area contributed by atoms with Crippen LogP contribution in [-0.4, -0.2) is 19.1 Å². The van der Waals surface area contributed by atoms with E-state index in [0.717, 1.165) is 38.1 Å². The second kappa shape index (κ2) is 8.51. The lowest BCUT2D eigenvalue weighted by atomic mass is 10.1. The summed E-state index contributed by atoms with van der Waals surface area (Å²) in [5.74, 6) is 1.58. The van der Waals surface area contributed by atoms with Gasteiger partial charge >= 0.3 is 0 Å². The van der Waals surface area contributed by atoms with Crippen LogP contribution in [0.2, 0.25) is 0 Å². The highest BCUT2D eigenvalue weighted by atomic mass is 32.1. The van der Waals surface area contributed by atoms with Crippen LogP contribution in [0.25, 0.3) is 86.5 Å². The van der Waals surface area contributed by atoms with Gasteiger partial charge in [-0.05, 0) is 47.2 Å². The van der Waals surface area contributed by atoms with Crippen molar-refractivity contribution in [3.05, 3.63) is 133 Å². The Morgan fingerprint density at radius 2 is 0.907 bits per heavy atom. The molecule has 0 bridgehead atoms. The summed E-state index contributed by atoms with van der Waals surface area (Å²) in [7, 11) is 0. The van der Waals surface area contributed by atoms with Crippen molar-refractivity contribution >= 4 is 86.0 Å². The number of fused-ring (bicyclic) bond motifs is 10. The van der Waals surface area contributed by atoms with Crippen LogP contribution in [0.4, 0.5) is 0 Å². The summed E-state index contributed by atoms with van der Waals surface area (Å²) in [4.78, 5) is 11.8. The molecule has 6 aromatic carbocycles. The summed E-state index contributed by atoms with van der Waals surface area (Å²) in [6, 6.07) is 47.6. The summed E-state index contributed by atoms with van der Waals surface area (Å²) < 4.78 is 5.78. The molecular weight excluding hydrogens is 545 g/mol. The normalized spacial score (nSPS) is 12.2. The molecule has 0 radical (unpaired) electrons. The van der Waals surface area contributed by atoms with Crippen molar-refractivity contribution < 1.29 is 0 Å². The molecule has 0 amide bonds. The Balaban J connectivity index is 1.42. The first kappa shape index (κ1) is 23.1. The van der Waals surface area contributed by atoms with Gasteiger partial charge in [0, 0.05) is 31.6 Å². The maximum Gasteiger partial charge on any atom is 0.238 e. The van der Waals surface area contributed by atoms with Crippen LogP contribution in [0.15, 0.2) is 133 Å². The monoisotopic (exact) mass is 566 g/mol. The number of hydrogen-bond donors (Lipinski definition) is 0. The number of nitrogens with zero attached hydrogens (tertiary/aromatic N) is 4. The zero-order valence-electron chi connectivity index (χ0n) is 22.9. The summed E-state index contributed by atoms with van der Waals surface area (Å²) in [6.45, 7) is 0. The Labute approximate surface area is 249 Å². The van der Waals surface area contributed by atoms with E-state index < -0.39 is 0 Å². The van der Waals surface area contributed by atoms with Gasteiger partial charge in [0.25, 0.3) is 0 Å². The Hall–Kier alpha value is -5.52. The zero-order valence-corrected chi connectivity index (χ0v) is 23.7. The smallest absolute Gasteiger partial charge is 0.238 e. The molecule has 0 unspecified atom stereocenters. The molecule has 43 heavy (non-hydrogen) atoms.